The summed E-state index contributed by atoms with van der Waals surface area (Å²) in [6.45, 7) is 4.94. The first-order valence-electron chi connectivity index (χ1n) is 6.64. The van der Waals surface area contributed by atoms with Crippen molar-refractivity contribution >= 4 is 33.2 Å². The molecule has 0 bridgehead atoms. The van der Waals surface area contributed by atoms with Crippen molar-refractivity contribution in [3.05, 3.63) is 20.3 Å². The molecule has 4 nitrogen and oxygen atoms in total. The highest BCUT2D eigenvalue weighted by atomic mass is 79.9. The SMILES string of the molecule is COCCN(CCCN(C)C)C(=O)c1cc(C)c(Br)s1. The Morgan fingerprint density at radius 1 is 1.35 bits per heavy atom. The van der Waals surface area contributed by atoms with Crippen LogP contribution >= 0.6 is 27.3 Å². The number of hydrogen-bond acceptors (Lipinski definition) is 4. The average Bonchev–Trinajstić information content (AvgIpc) is 2.72. The first-order valence-corrected chi connectivity index (χ1v) is 8.25. The van der Waals surface area contributed by atoms with Crippen molar-refractivity contribution in [2.45, 2.75) is 13.3 Å². The second-order valence-corrected chi connectivity index (χ2v) is 7.38. The maximum absolute atomic E-state index is 12.5. The Balaban J connectivity index is 2.67. The molecule has 1 rings (SSSR count). The maximum Gasteiger partial charge on any atom is 0.264 e. The van der Waals surface area contributed by atoms with Crippen LogP contribution in [0.1, 0.15) is 21.7 Å². The van der Waals surface area contributed by atoms with Gasteiger partial charge in [-0.15, -0.1) is 11.3 Å². The molecule has 20 heavy (non-hydrogen) atoms. The molecule has 0 N–H and O–H groups in total. The van der Waals surface area contributed by atoms with Gasteiger partial charge in [-0.1, -0.05) is 0 Å². The smallest absolute Gasteiger partial charge is 0.264 e. The molecule has 0 radical (unpaired) electrons. The van der Waals surface area contributed by atoms with Gasteiger partial charge in [-0.2, -0.15) is 0 Å². The predicted octanol–water partition coefficient (Wildman–Crippen LogP) is 2.86. The standard InChI is InChI=1S/C14H23BrN2O2S/c1-11-10-12(20-13(11)15)14(18)17(8-9-19-4)7-5-6-16(2)3/h10H,5-9H2,1-4H3. The number of hydrogen-bond donors (Lipinski definition) is 0. The highest BCUT2D eigenvalue weighted by molar-refractivity contribution is 9.11. The number of rotatable bonds is 8. The quantitative estimate of drug-likeness (QED) is 0.712. The minimum absolute atomic E-state index is 0.0969. The van der Waals surface area contributed by atoms with Crippen molar-refractivity contribution in [3.63, 3.8) is 0 Å². The lowest BCUT2D eigenvalue weighted by Gasteiger charge is -2.22. The zero-order valence-corrected chi connectivity index (χ0v) is 15.0. The summed E-state index contributed by atoms with van der Waals surface area (Å²) < 4.78 is 6.13. The third-order valence-corrected chi connectivity index (χ3v) is 5.08. The third-order valence-electron chi connectivity index (χ3n) is 2.95. The van der Waals surface area contributed by atoms with Crippen LogP contribution in [0.4, 0.5) is 0 Å². The van der Waals surface area contributed by atoms with Gasteiger partial charge < -0.3 is 14.5 Å². The van der Waals surface area contributed by atoms with E-state index in [1.54, 1.807) is 7.11 Å². The second kappa shape index (κ2) is 8.77. The Kier molecular flexibility index (Phi) is 7.72. The molecule has 0 unspecified atom stereocenters. The number of amides is 1. The summed E-state index contributed by atoms with van der Waals surface area (Å²) in [5.74, 6) is 0.0969. The summed E-state index contributed by atoms with van der Waals surface area (Å²) >= 11 is 4.97. The van der Waals surface area contributed by atoms with Gasteiger partial charge in [-0.3, -0.25) is 4.79 Å². The van der Waals surface area contributed by atoms with Crippen LogP contribution in [0.25, 0.3) is 0 Å². The van der Waals surface area contributed by atoms with Crippen molar-refractivity contribution < 1.29 is 9.53 Å². The molecule has 0 aliphatic rings. The minimum Gasteiger partial charge on any atom is -0.383 e. The average molecular weight is 363 g/mol. The Labute approximate surface area is 133 Å². The molecule has 0 aromatic carbocycles. The van der Waals surface area contributed by atoms with E-state index in [1.807, 2.05) is 32.0 Å². The van der Waals surface area contributed by atoms with Crippen LogP contribution < -0.4 is 0 Å². The van der Waals surface area contributed by atoms with Gasteiger partial charge in [0.1, 0.15) is 0 Å². The van der Waals surface area contributed by atoms with Gasteiger partial charge in [-0.25, -0.2) is 0 Å². The molecule has 0 saturated carbocycles. The van der Waals surface area contributed by atoms with Gasteiger partial charge in [0.05, 0.1) is 15.3 Å². The lowest BCUT2D eigenvalue weighted by molar-refractivity contribution is 0.0694. The molecule has 1 heterocycles. The minimum atomic E-state index is 0.0969. The molecule has 0 aliphatic heterocycles. The topological polar surface area (TPSA) is 32.8 Å². The molecule has 1 aromatic rings. The monoisotopic (exact) mass is 362 g/mol. The number of nitrogens with zero attached hydrogens (tertiary/aromatic N) is 2. The van der Waals surface area contributed by atoms with Crippen LogP contribution in [-0.4, -0.2) is 63.2 Å². The predicted molar refractivity (Wildman–Crippen MR) is 87.7 cm³/mol. The van der Waals surface area contributed by atoms with Gasteiger partial charge in [0.25, 0.3) is 5.91 Å². The maximum atomic E-state index is 12.5. The summed E-state index contributed by atoms with van der Waals surface area (Å²) in [4.78, 5) is 17.3. The fourth-order valence-electron chi connectivity index (χ4n) is 1.82. The van der Waals surface area contributed by atoms with E-state index in [0.29, 0.717) is 13.2 Å². The van der Waals surface area contributed by atoms with Crippen LogP contribution in [0.2, 0.25) is 0 Å². The van der Waals surface area contributed by atoms with E-state index < -0.39 is 0 Å². The summed E-state index contributed by atoms with van der Waals surface area (Å²) in [5.41, 5.74) is 1.11. The first-order chi connectivity index (χ1) is 9.45. The van der Waals surface area contributed by atoms with Crippen molar-refractivity contribution in [3.8, 4) is 0 Å². The molecule has 0 atom stereocenters. The highest BCUT2D eigenvalue weighted by Gasteiger charge is 2.18. The van der Waals surface area contributed by atoms with Crippen LogP contribution in [0.5, 0.6) is 0 Å². The van der Waals surface area contributed by atoms with Crippen LogP contribution in [0.3, 0.4) is 0 Å². The molecular formula is C14H23BrN2O2S. The van der Waals surface area contributed by atoms with Crippen molar-refractivity contribution in [1.29, 1.82) is 0 Å². The normalized spacial score (nSPS) is 11.1. The summed E-state index contributed by atoms with van der Waals surface area (Å²) in [5, 5.41) is 0. The molecule has 114 valence electrons. The number of halogens is 1. The Hall–Kier alpha value is -0.430. The van der Waals surface area contributed by atoms with Crippen molar-refractivity contribution in [2.24, 2.45) is 0 Å². The Morgan fingerprint density at radius 3 is 2.55 bits per heavy atom. The molecule has 6 heteroatoms. The zero-order valence-electron chi connectivity index (χ0n) is 12.6. The summed E-state index contributed by atoms with van der Waals surface area (Å²) in [6, 6.07) is 1.95. The lowest BCUT2D eigenvalue weighted by atomic mass is 10.3. The summed E-state index contributed by atoms with van der Waals surface area (Å²) in [7, 11) is 5.75. The number of carbonyl (C=O) groups is 1. The van der Waals surface area contributed by atoms with E-state index in [9.17, 15) is 4.79 Å². The molecule has 0 spiro atoms. The fourth-order valence-corrected chi connectivity index (χ4v) is 3.32. The highest BCUT2D eigenvalue weighted by Crippen LogP contribution is 2.28. The molecular weight excluding hydrogens is 340 g/mol. The first kappa shape index (κ1) is 17.6. The van der Waals surface area contributed by atoms with E-state index in [0.717, 1.165) is 33.7 Å². The molecule has 0 saturated heterocycles. The number of ether oxygens (including phenoxy) is 1. The lowest BCUT2D eigenvalue weighted by Crippen LogP contribution is -2.35. The second-order valence-electron chi connectivity index (χ2n) is 5.01. The molecule has 0 aliphatic carbocycles. The van der Waals surface area contributed by atoms with Gasteiger partial charge >= 0.3 is 0 Å². The number of methoxy groups -OCH3 is 1. The largest absolute Gasteiger partial charge is 0.383 e. The molecule has 1 aromatic heterocycles. The van der Waals surface area contributed by atoms with Crippen molar-refractivity contribution in [1.82, 2.24) is 9.80 Å². The van der Waals surface area contributed by atoms with Gasteiger partial charge in [0.2, 0.25) is 0 Å². The molecule has 0 fully saturated rings. The van der Waals surface area contributed by atoms with Crippen LogP contribution in [0, 0.1) is 6.92 Å². The van der Waals surface area contributed by atoms with E-state index in [-0.39, 0.29) is 5.91 Å². The summed E-state index contributed by atoms with van der Waals surface area (Å²) in [6.07, 6.45) is 0.966. The van der Waals surface area contributed by atoms with Gasteiger partial charge in [0.15, 0.2) is 0 Å². The number of aryl methyl sites for hydroxylation is 1. The Morgan fingerprint density at radius 2 is 2.05 bits per heavy atom. The van der Waals surface area contributed by atoms with E-state index >= 15 is 0 Å². The van der Waals surface area contributed by atoms with E-state index in [2.05, 4.69) is 20.8 Å². The fraction of sp³-hybridized carbons (Fsp3) is 0.643. The van der Waals surface area contributed by atoms with Gasteiger partial charge in [0, 0.05) is 20.2 Å². The third kappa shape index (κ3) is 5.52. The van der Waals surface area contributed by atoms with Gasteiger partial charge in [-0.05, 0) is 61.5 Å². The van der Waals surface area contributed by atoms with E-state index in [1.165, 1.54) is 11.3 Å². The van der Waals surface area contributed by atoms with Crippen LogP contribution in [0.15, 0.2) is 9.85 Å². The number of thiophene rings is 1. The molecule has 1 amide bonds. The van der Waals surface area contributed by atoms with Crippen molar-refractivity contribution in [2.75, 3.05) is 47.4 Å². The van der Waals surface area contributed by atoms with E-state index in [4.69, 9.17) is 4.74 Å². The number of carbonyl (C=O) groups excluding carboxylic acids is 1. The Bertz CT molecular complexity index is 415. The van der Waals surface area contributed by atoms with Crippen LogP contribution in [-0.2, 0) is 4.74 Å². The zero-order chi connectivity index (χ0) is 15.1.